The van der Waals surface area contributed by atoms with E-state index in [9.17, 15) is 4.79 Å². The number of hydrogen-bond acceptors (Lipinski definition) is 3. The number of halogens is 1. The highest BCUT2D eigenvalue weighted by Crippen LogP contribution is 2.26. The molecule has 0 spiro atoms. The van der Waals surface area contributed by atoms with Crippen molar-refractivity contribution in [2.45, 2.75) is 0 Å². The fourth-order valence-corrected chi connectivity index (χ4v) is 2.60. The molecule has 26 heavy (non-hydrogen) atoms. The van der Waals surface area contributed by atoms with E-state index in [2.05, 4.69) is 16.4 Å². The summed E-state index contributed by atoms with van der Waals surface area (Å²) >= 11 is 5.83. The van der Waals surface area contributed by atoms with Gasteiger partial charge in [-0.05, 0) is 41.1 Å². The third-order valence-corrected chi connectivity index (χ3v) is 3.96. The number of carbonyl (C=O) groups excluding carboxylic acids is 1. The minimum absolute atomic E-state index is 0.149. The van der Waals surface area contributed by atoms with Gasteiger partial charge in [-0.15, -0.1) is 6.42 Å². The van der Waals surface area contributed by atoms with E-state index in [1.807, 2.05) is 36.4 Å². The first kappa shape index (κ1) is 17.5. The molecule has 0 fully saturated rings. The number of carbonyl (C=O) groups is 1. The average Bonchev–Trinajstić information content (AvgIpc) is 2.67. The van der Waals surface area contributed by atoms with Crippen LogP contribution in [-0.4, -0.2) is 18.7 Å². The Kier molecular flexibility index (Phi) is 5.52. The molecule has 0 saturated heterocycles. The van der Waals surface area contributed by atoms with E-state index in [1.165, 1.54) is 0 Å². The van der Waals surface area contributed by atoms with Crippen LogP contribution in [0.1, 0.15) is 15.9 Å². The highest BCUT2D eigenvalue weighted by atomic mass is 35.5. The van der Waals surface area contributed by atoms with Gasteiger partial charge in [-0.3, -0.25) is 4.79 Å². The summed E-state index contributed by atoms with van der Waals surface area (Å²) in [5.41, 5.74) is 3.72. The standard InChI is InChI=1S/C21H15ClN2O2/c1-2-13-26-20-12-9-15-5-3-4-6-18(15)19(20)14-23-24-21(25)16-7-10-17(22)11-8-16/h1,3-12,14H,13H2,(H,24,25)/b23-14+. The maximum atomic E-state index is 12.1. The first-order chi connectivity index (χ1) is 12.7. The maximum Gasteiger partial charge on any atom is 0.271 e. The molecule has 128 valence electrons. The van der Waals surface area contributed by atoms with Crippen molar-refractivity contribution in [3.8, 4) is 18.1 Å². The molecule has 0 radical (unpaired) electrons. The molecule has 0 saturated carbocycles. The molecule has 0 aliphatic rings. The number of nitrogens with one attached hydrogen (secondary N) is 1. The minimum Gasteiger partial charge on any atom is -0.480 e. The number of nitrogens with zero attached hydrogens (tertiary/aromatic N) is 1. The number of terminal acetylenes is 1. The average molecular weight is 363 g/mol. The number of amides is 1. The molecule has 1 N–H and O–H groups in total. The van der Waals surface area contributed by atoms with Gasteiger partial charge < -0.3 is 4.74 Å². The van der Waals surface area contributed by atoms with Gasteiger partial charge in [0, 0.05) is 16.1 Å². The van der Waals surface area contributed by atoms with Crippen molar-refractivity contribution in [1.29, 1.82) is 0 Å². The van der Waals surface area contributed by atoms with Crippen molar-refractivity contribution >= 4 is 34.5 Å². The molecule has 0 bridgehead atoms. The zero-order valence-electron chi connectivity index (χ0n) is 13.8. The topological polar surface area (TPSA) is 50.7 Å². The number of rotatable bonds is 5. The number of ether oxygens (including phenoxy) is 1. The van der Waals surface area contributed by atoms with E-state index in [-0.39, 0.29) is 12.5 Å². The molecule has 5 heteroatoms. The summed E-state index contributed by atoms with van der Waals surface area (Å²) in [5, 5.41) is 6.62. The molecule has 0 unspecified atom stereocenters. The second-order valence-electron chi connectivity index (χ2n) is 5.40. The Balaban J connectivity index is 1.86. The highest BCUT2D eigenvalue weighted by Gasteiger charge is 2.08. The van der Waals surface area contributed by atoms with Gasteiger partial charge >= 0.3 is 0 Å². The van der Waals surface area contributed by atoms with Crippen LogP contribution in [0.15, 0.2) is 65.8 Å². The third-order valence-electron chi connectivity index (χ3n) is 3.71. The Morgan fingerprint density at radius 1 is 1.15 bits per heavy atom. The molecule has 1 amide bonds. The lowest BCUT2D eigenvalue weighted by Crippen LogP contribution is -2.17. The van der Waals surface area contributed by atoms with Crippen LogP contribution in [0.5, 0.6) is 5.75 Å². The molecule has 0 aliphatic heterocycles. The van der Waals surface area contributed by atoms with Crippen molar-refractivity contribution in [3.63, 3.8) is 0 Å². The van der Waals surface area contributed by atoms with Gasteiger partial charge in [-0.2, -0.15) is 5.10 Å². The van der Waals surface area contributed by atoms with Crippen molar-refractivity contribution in [3.05, 3.63) is 76.8 Å². The summed E-state index contributed by atoms with van der Waals surface area (Å²) < 4.78 is 5.60. The van der Waals surface area contributed by atoms with Crippen LogP contribution in [0.2, 0.25) is 5.02 Å². The van der Waals surface area contributed by atoms with E-state index in [4.69, 9.17) is 22.8 Å². The third kappa shape index (κ3) is 4.02. The van der Waals surface area contributed by atoms with Gasteiger partial charge in [-0.1, -0.05) is 47.9 Å². The highest BCUT2D eigenvalue weighted by molar-refractivity contribution is 6.30. The van der Waals surface area contributed by atoms with Gasteiger partial charge in [0.1, 0.15) is 12.4 Å². The van der Waals surface area contributed by atoms with Crippen molar-refractivity contribution in [2.24, 2.45) is 5.10 Å². The number of benzene rings is 3. The Morgan fingerprint density at radius 2 is 1.92 bits per heavy atom. The van der Waals surface area contributed by atoms with Crippen LogP contribution in [0, 0.1) is 12.3 Å². The summed E-state index contributed by atoms with van der Waals surface area (Å²) in [6, 6.07) is 18.2. The second kappa shape index (κ2) is 8.19. The van der Waals surface area contributed by atoms with E-state index in [1.54, 1.807) is 30.5 Å². The normalized spacial score (nSPS) is 10.6. The SMILES string of the molecule is C#CCOc1ccc2ccccc2c1/C=N/NC(=O)c1ccc(Cl)cc1. The molecule has 3 aromatic rings. The van der Waals surface area contributed by atoms with Gasteiger partial charge in [0.15, 0.2) is 0 Å². The zero-order chi connectivity index (χ0) is 18.4. The summed E-state index contributed by atoms with van der Waals surface area (Å²) in [5.74, 6) is 2.72. The first-order valence-electron chi connectivity index (χ1n) is 7.86. The first-order valence-corrected chi connectivity index (χ1v) is 8.24. The predicted octanol–water partition coefficient (Wildman–Crippen LogP) is 4.27. The lowest BCUT2D eigenvalue weighted by atomic mass is 10.0. The van der Waals surface area contributed by atoms with Crippen molar-refractivity contribution in [2.75, 3.05) is 6.61 Å². The van der Waals surface area contributed by atoms with Crippen LogP contribution in [-0.2, 0) is 0 Å². The fourth-order valence-electron chi connectivity index (χ4n) is 2.48. The number of hydrazone groups is 1. The Labute approximate surface area is 156 Å². The molecule has 0 atom stereocenters. The summed E-state index contributed by atoms with van der Waals surface area (Å²) in [7, 11) is 0. The van der Waals surface area contributed by atoms with Crippen molar-refractivity contribution < 1.29 is 9.53 Å². The summed E-state index contributed by atoms with van der Waals surface area (Å²) in [4.78, 5) is 12.1. The lowest BCUT2D eigenvalue weighted by Gasteiger charge is -2.09. The molecule has 3 rings (SSSR count). The molecule has 3 aromatic carbocycles. The van der Waals surface area contributed by atoms with E-state index >= 15 is 0 Å². The Morgan fingerprint density at radius 3 is 2.69 bits per heavy atom. The predicted molar refractivity (Wildman–Crippen MR) is 105 cm³/mol. The van der Waals surface area contributed by atoms with Gasteiger partial charge in [0.05, 0.1) is 6.21 Å². The Hall–Kier alpha value is -3.29. The van der Waals surface area contributed by atoms with Crippen LogP contribution in [0.3, 0.4) is 0 Å². The van der Waals surface area contributed by atoms with E-state index in [0.29, 0.717) is 16.3 Å². The Bertz CT molecular complexity index is 1000. The van der Waals surface area contributed by atoms with Crippen LogP contribution >= 0.6 is 11.6 Å². The molecular formula is C21H15ClN2O2. The van der Waals surface area contributed by atoms with E-state index in [0.717, 1.165) is 16.3 Å². The minimum atomic E-state index is -0.329. The van der Waals surface area contributed by atoms with Gasteiger partial charge in [0.2, 0.25) is 0 Å². The smallest absolute Gasteiger partial charge is 0.271 e. The van der Waals surface area contributed by atoms with Crippen LogP contribution in [0.25, 0.3) is 10.8 Å². The van der Waals surface area contributed by atoms with E-state index < -0.39 is 0 Å². The fraction of sp³-hybridized carbons (Fsp3) is 0.0476. The monoisotopic (exact) mass is 362 g/mol. The van der Waals surface area contributed by atoms with Crippen LogP contribution in [0.4, 0.5) is 0 Å². The molecule has 0 heterocycles. The molecule has 0 aliphatic carbocycles. The van der Waals surface area contributed by atoms with Gasteiger partial charge in [0.25, 0.3) is 5.91 Å². The maximum absolute atomic E-state index is 12.1. The largest absolute Gasteiger partial charge is 0.480 e. The lowest BCUT2D eigenvalue weighted by molar-refractivity contribution is 0.0955. The second-order valence-corrected chi connectivity index (χ2v) is 5.83. The number of fused-ring (bicyclic) bond motifs is 1. The molecule has 4 nitrogen and oxygen atoms in total. The quantitative estimate of drug-likeness (QED) is 0.418. The van der Waals surface area contributed by atoms with Gasteiger partial charge in [-0.25, -0.2) is 5.43 Å². The molecule has 0 aromatic heterocycles. The number of hydrogen-bond donors (Lipinski definition) is 1. The van der Waals surface area contributed by atoms with Crippen LogP contribution < -0.4 is 10.2 Å². The summed E-state index contributed by atoms with van der Waals surface area (Å²) in [6.45, 7) is 0.149. The van der Waals surface area contributed by atoms with Crippen molar-refractivity contribution in [1.82, 2.24) is 5.43 Å². The zero-order valence-corrected chi connectivity index (χ0v) is 14.5. The molecular weight excluding hydrogens is 348 g/mol. The summed E-state index contributed by atoms with van der Waals surface area (Å²) in [6.07, 6.45) is 6.84.